The number of urea groups is 1. The summed E-state index contributed by atoms with van der Waals surface area (Å²) < 4.78 is 0. The van der Waals surface area contributed by atoms with Crippen LogP contribution in [0.5, 0.6) is 0 Å². The fourth-order valence-corrected chi connectivity index (χ4v) is 3.16. The van der Waals surface area contributed by atoms with E-state index in [1.165, 1.54) is 6.42 Å². The lowest BCUT2D eigenvalue weighted by Crippen LogP contribution is -2.55. The summed E-state index contributed by atoms with van der Waals surface area (Å²) in [6.45, 7) is 5.79. The van der Waals surface area contributed by atoms with Crippen LogP contribution in [0.3, 0.4) is 0 Å². The monoisotopic (exact) mass is 283 g/mol. The molecule has 0 spiro atoms. The Kier molecular flexibility index (Phi) is 5.23. The number of carboxylic acid groups (broad SMARTS) is 1. The molecule has 0 saturated carbocycles. The minimum Gasteiger partial charge on any atom is -0.481 e. The first-order chi connectivity index (χ1) is 9.61. The van der Waals surface area contributed by atoms with Crippen LogP contribution in [0.25, 0.3) is 0 Å². The van der Waals surface area contributed by atoms with Gasteiger partial charge in [0.2, 0.25) is 0 Å². The zero-order valence-electron chi connectivity index (χ0n) is 12.2. The van der Waals surface area contributed by atoms with E-state index < -0.39 is 11.9 Å². The highest BCUT2D eigenvalue weighted by atomic mass is 16.4. The number of carbonyl (C=O) groups excluding carboxylic acids is 1. The van der Waals surface area contributed by atoms with Gasteiger partial charge < -0.3 is 15.3 Å². The number of carboxylic acids is 1. The second kappa shape index (κ2) is 6.92. The van der Waals surface area contributed by atoms with Gasteiger partial charge in [0.1, 0.15) is 0 Å². The molecule has 2 atom stereocenters. The third-order valence-corrected chi connectivity index (χ3v) is 4.36. The van der Waals surface area contributed by atoms with Crippen LogP contribution in [0.1, 0.15) is 32.6 Å². The van der Waals surface area contributed by atoms with E-state index in [-0.39, 0.29) is 12.6 Å². The number of rotatable bonds is 5. The smallest absolute Gasteiger partial charge is 0.317 e. The third kappa shape index (κ3) is 3.62. The van der Waals surface area contributed by atoms with Crippen molar-refractivity contribution in [1.82, 2.24) is 15.1 Å². The average molecular weight is 283 g/mol. The molecule has 2 saturated heterocycles. The van der Waals surface area contributed by atoms with Crippen molar-refractivity contribution < 1.29 is 14.7 Å². The normalized spacial score (nSPS) is 24.2. The molecule has 0 aromatic heterocycles. The van der Waals surface area contributed by atoms with Gasteiger partial charge in [0.15, 0.2) is 0 Å². The summed E-state index contributed by atoms with van der Waals surface area (Å²) in [4.78, 5) is 27.5. The van der Waals surface area contributed by atoms with Gasteiger partial charge in [-0.1, -0.05) is 13.3 Å². The van der Waals surface area contributed by atoms with Crippen molar-refractivity contribution >= 4 is 12.0 Å². The molecule has 0 bridgehead atoms. The van der Waals surface area contributed by atoms with Crippen molar-refractivity contribution in [3.8, 4) is 0 Å². The van der Waals surface area contributed by atoms with Crippen LogP contribution in [0.4, 0.5) is 4.79 Å². The second-order valence-electron chi connectivity index (χ2n) is 5.79. The van der Waals surface area contributed by atoms with Crippen molar-refractivity contribution in [3.63, 3.8) is 0 Å². The average Bonchev–Trinajstić information content (AvgIpc) is 2.89. The first kappa shape index (κ1) is 15.1. The van der Waals surface area contributed by atoms with Crippen LogP contribution in [0.15, 0.2) is 0 Å². The number of hydrogen-bond acceptors (Lipinski definition) is 3. The van der Waals surface area contributed by atoms with Crippen molar-refractivity contribution in [1.29, 1.82) is 0 Å². The van der Waals surface area contributed by atoms with Gasteiger partial charge in [-0.3, -0.25) is 9.69 Å². The Morgan fingerprint density at radius 2 is 2.15 bits per heavy atom. The Hall–Kier alpha value is -1.30. The molecule has 0 radical (unpaired) electrons. The van der Waals surface area contributed by atoms with Gasteiger partial charge in [-0.05, 0) is 25.8 Å². The quantitative estimate of drug-likeness (QED) is 0.789. The Balaban J connectivity index is 1.78. The molecular formula is C14H25N3O3. The van der Waals surface area contributed by atoms with Crippen LogP contribution < -0.4 is 5.32 Å². The Morgan fingerprint density at radius 1 is 1.35 bits per heavy atom. The highest BCUT2D eigenvalue weighted by molar-refractivity contribution is 5.76. The largest absolute Gasteiger partial charge is 0.481 e. The molecule has 0 aromatic carbocycles. The number of piperazine rings is 1. The molecular weight excluding hydrogens is 258 g/mol. The lowest BCUT2D eigenvalue weighted by atomic mass is 10.0. The lowest BCUT2D eigenvalue weighted by molar-refractivity contribution is -0.141. The van der Waals surface area contributed by atoms with Gasteiger partial charge in [-0.25, -0.2) is 4.79 Å². The first-order valence-corrected chi connectivity index (χ1v) is 7.61. The van der Waals surface area contributed by atoms with Crippen LogP contribution in [0.2, 0.25) is 0 Å². The van der Waals surface area contributed by atoms with Gasteiger partial charge in [-0.15, -0.1) is 0 Å². The number of carbonyl (C=O) groups is 2. The van der Waals surface area contributed by atoms with Gasteiger partial charge >= 0.3 is 12.0 Å². The van der Waals surface area contributed by atoms with E-state index in [1.54, 1.807) is 0 Å². The zero-order valence-corrected chi connectivity index (χ0v) is 12.2. The fraction of sp³-hybridized carbons (Fsp3) is 0.857. The molecule has 2 rings (SSSR count). The third-order valence-electron chi connectivity index (χ3n) is 4.36. The van der Waals surface area contributed by atoms with Crippen molar-refractivity contribution in [2.45, 2.75) is 38.6 Å². The highest BCUT2D eigenvalue weighted by Crippen LogP contribution is 2.21. The number of nitrogens with one attached hydrogen (secondary N) is 1. The summed E-state index contributed by atoms with van der Waals surface area (Å²) in [6, 6.07) is 0.388. The van der Waals surface area contributed by atoms with Crippen LogP contribution in [-0.4, -0.2) is 65.7 Å². The summed E-state index contributed by atoms with van der Waals surface area (Å²) in [5.74, 6) is -1.30. The van der Waals surface area contributed by atoms with E-state index >= 15 is 0 Å². The van der Waals surface area contributed by atoms with Crippen LogP contribution in [-0.2, 0) is 4.79 Å². The van der Waals surface area contributed by atoms with E-state index in [0.29, 0.717) is 12.5 Å². The fourth-order valence-electron chi connectivity index (χ4n) is 3.16. The van der Waals surface area contributed by atoms with E-state index in [9.17, 15) is 9.59 Å². The molecule has 2 heterocycles. The molecule has 2 N–H and O–H groups in total. The van der Waals surface area contributed by atoms with Gasteiger partial charge in [0, 0.05) is 32.2 Å². The van der Waals surface area contributed by atoms with E-state index in [2.05, 4.69) is 10.2 Å². The minimum atomic E-state index is -0.826. The summed E-state index contributed by atoms with van der Waals surface area (Å²) in [5, 5.41) is 11.9. The van der Waals surface area contributed by atoms with E-state index in [1.807, 2.05) is 11.8 Å². The van der Waals surface area contributed by atoms with E-state index in [4.69, 9.17) is 5.11 Å². The highest BCUT2D eigenvalue weighted by Gasteiger charge is 2.32. The van der Waals surface area contributed by atoms with E-state index in [0.717, 1.165) is 39.0 Å². The maximum Gasteiger partial charge on any atom is 0.317 e. The van der Waals surface area contributed by atoms with Crippen LogP contribution >= 0.6 is 0 Å². The topological polar surface area (TPSA) is 72.9 Å². The Morgan fingerprint density at radius 3 is 2.85 bits per heavy atom. The molecule has 114 valence electrons. The molecule has 6 heteroatoms. The molecule has 0 aliphatic carbocycles. The zero-order chi connectivity index (χ0) is 14.5. The molecule has 2 unspecified atom stereocenters. The summed E-state index contributed by atoms with van der Waals surface area (Å²) >= 11 is 0. The second-order valence-corrected chi connectivity index (χ2v) is 5.79. The first-order valence-electron chi connectivity index (χ1n) is 7.61. The standard InChI is InChI=1S/C14H25N3O3/c1-2-4-11(13(18)19)9-15-14(20)17-8-7-16-6-3-5-12(16)10-17/h11-12H,2-10H2,1H3,(H,15,20)(H,18,19). The maximum absolute atomic E-state index is 12.1. The Labute approximate surface area is 120 Å². The minimum absolute atomic E-state index is 0.112. The maximum atomic E-state index is 12.1. The molecule has 6 nitrogen and oxygen atoms in total. The predicted molar refractivity (Wildman–Crippen MR) is 75.6 cm³/mol. The molecule has 0 aromatic rings. The predicted octanol–water partition coefficient (Wildman–Crippen LogP) is 0.977. The number of amides is 2. The van der Waals surface area contributed by atoms with Gasteiger partial charge in [-0.2, -0.15) is 0 Å². The summed E-state index contributed by atoms with van der Waals surface area (Å²) in [6.07, 6.45) is 3.80. The van der Waals surface area contributed by atoms with Crippen molar-refractivity contribution in [3.05, 3.63) is 0 Å². The number of aliphatic carboxylic acids is 1. The molecule has 2 aliphatic rings. The van der Waals surface area contributed by atoms with Crippen molar-refractivity contribution in [2.75, 3.05) is 32.7 Å². The molecule has 2 aliphatic heterocycles. The SMILES string of the molecule is CCCC(CNC(=O)N1CCN2CCCC2C1)C(=O)O. The van der Waals surface area contributed by atoms with Gasteiger partial charge in [0.05, 0.1) is 5.92 Å². The number of fused-ring (bicyclic) bond motifs is 1. The van der Waals surface area contributed by atoms with Gasteiger partial charge in [0.25, 0.3) is 0 Å². The summed E-state index contributed by atoms with van der Waals surface area (Å²) in [5.41, 5.74) is 0. The Bertz CT molecular complexity index is 362. The van der Waals surface area contributed by atoms with Crippen molar-refractivity contribution in [2.24, 2.45) is 5.92 Å². The molecule has 2 amide bonds. The number of hydrogen-bond donors (Lipinski definition) is 2. The molecule has 2 fully saturated rings. The lowest BCUT2D eigenvalue weighted by Gasteiger charge is -2.37. The molecule has 20 heavy (non-hydrogen) atoms. The number of nitrogens with zero attached hydrogens (tertiary/aromatic N) is 2. The summed E-state index contributed by atoms with van der Waals surface area (Å²) in [7, 11) is 0. The van der Waals surface area contributed by atoms with Crippen LogP contribution in [0, 0.1) is 5.92 Å².